The van der Waals surface area contributed by atoms with Crippen molar-refractivity contribution in [1.29, 1.82) is 0 Å². The summed E-state index contributed by atoms with van der Waals surface area (Å²) in [4.78, 5) is 12.0. The number of amides is 1. The number of carbonyl (C=O) groups excluding carboxylic acids is 1. The van der Waals surface area contributed by atoms with Gasteiger partial charge in [0.15, 0.2) is 0 Å². The van der Waals surface area contributed by atoms with E-state index in [4.69, 9.17) is 5.73 Å². The maximum Gasteiger partial charge on any atom is 0.242 e. The molecule has 0 aliphatic carbocycles. The molecule has 0 radical (unpaired) electrons. The molecular weight excluding hydrogens is 348 g/mol. The van der Waals surface area contributed by atoms with Gasteiger partial charge in [0.05, 0.1) is 4.90 Å². The Kier molecular flexibility index (Phi) is 5.16. The van der Waals surface area contributed by atoms with Gasteiger partial charge < -0.3 is 5.73 Å². The van der Waals surface area contributed by atoms with Crippen LogP contribution in [-0.4, -0.2) is 14.3 Å². The Hall–Kier alpha value is -2.96. The Morgan fingerprint density at radius 1 is 0.808 bits per heavy atom. The van der Waals surface area contributed by atoms with Gasteiger partial charge in [-0.05, 0) is 17.2 Å². The third-order valence-electron chi connectivity index (χ3n) is 3.95. The van der Waals surface area contributed by atoms with Crippen molar-refractivity contribution >= 4 is 15.9 Å². The van der Waals surface area contributed by atoms with E-state index in [0.717, 1.165) is 5.56 Å². The molecule has 6 heteroatoms. The SMILES string of the molecule is NC(=O)C(NS(=O)(=O)c1ccccc1-c1ccccc1)c1ccccc1. The molecule has 1 atom stereocenters. The number of benzene rings is 3. The second-order valence-corrected chi connectivity index (χ2v) is 7.41. The average Bonchev–Trinajstić information content (AvgIpc) is 2.67. The molecule has 0 spiro atoms. The molecule has 0 saturated carbocycles. The summed E-state index contributed by atoms with van der Waals surface area (Å²) in [6, 6.07) is 23.2. The molecule has 0 saturated heterocycles. The van der Waals surface area contributed by atoms with Gasteiger partial charge in [-0.3, -0.25) is 4.79 Å². The first kappa shape index (κ1) is 17.8. The normalized spacial score (nSPS) is 12.5. The summed E-state index contributed by atoms with van der Waals surface area (Å²) in [5, 5.41) is 0. The highest BCUT2D eigenvalue weighted by atomic mass is 32.2. The van der Waals surface area contributed by atoms with Crippen molar-refractivity contribution in [3.8, 4) is 11.1 Å². The van der Waals surface area contributed by atoms with Gasteiger partial charge in [-0.1, -0.05) is 78.9 Å². The number of nitrogens with one attached hydrogen (secondary N) is 1. The van der Waals surface area contributed by atoms with Crippen LogP contribution in [0.15, 0.2) is 89.8 Å². The molecule has 0 aliphatic heterocycles. The highest BCUT2D eigenvalue weighted by Gasteiger charge is 2.27. The number of carbonyl (C=O) groups is 1. The Labute approximate surface area is 152 Å². The fourth-order valence-corrected chi connectivity index (χ4v) is 4.13. The smallest absolute Gasteiger partial charge is 0.242 e. The lowest BCUT2D eigenvalue weighted by atomic mass is 10.1. The lowest BCUT2D eigenvalue weighted by Crippen LogP contribution is -2.37. The molecule has 5 nitrogen and oxygen atoms in total. The predicted molar refractivity (Wildman–Crippen MR) is 101 cm³/mol. The summed E-state index contributed by atoms with van der Waals surface area (Å²) in [5.41, 5.74) is 7.24. The van der Waals surface area contributed by atoms with E-state index >= 15 is 0 Å². The van der Waals surface area contributed by atoms with Gasteiger partial charge in [0, 0.05) is 5.56 Å². The van der Waals surface area contributed by atoms with E-state index in [-0.39, 0.29) is 4.90 Å². The minimum atomic E-state index is -3.98. The van der Waals surface area contributed by atoms with Gasteiger partial charge in [-0.2, -0.15) is 4.72 Å². The van der Waals surface area contributed by atoms with Gasteiger partial charge in [0.2, 0.25) is 15.9 Å². The first-order valence-electron chi connectivity index (χ1n) is 8.00. The summed E-state index contributed by atoms with van der Waals surface area (Å²) in [5.74, 6) is -0.767. The van der Waals surface area contributed by atoms with Crippen molar-refractivity contribution in [2.24, 2.45) is 5.73 Å². The molecule has 0 fully saturated rings. The summed E-state index contributed by atoms with van der Waals surface area (Å²) < 4.78 is 28.4. The second-order valence-electron chi connectivity index (χ2n) is 5.73. The van der Waals surface area contributed by atoms with Crippen molar-refractivity contribution < 1.29 is 13.2 Å². The predicted octanol–water partition coefficient (Wildman–Crippen LogP) is 2.86. The molecule has 0 bridgehead atoms. The van der Waals surface area contributed by atoms with Crippen LogP contribution in [0.25, 0.3) is 11.1 Å². The summed E-state index contributed by atoms with van der Waals surface area (Å²) in [6.07, 6.45) is 0. The van der Waals surface area contributed by atoms with Crippen LogP contribution in [0.2, 0.25) is 0 Å². The molecule has 0 heterocycles. The summed E-state index contributed by atoms with van der Waals surface area (Å²) in [7, 11) is -3.98. The van der Waals surface area contributed by atoms with Crippen LogP contribution >= 0.6 is 0 Å². The van der Waals surface area contributed by atoms with E-state index < -0.39 is 22.0 Å². The molecule has 26 heavy (non-hydrogen) atoms. The van der Waals surface area contributed by atoms with Gasteiger partial charge in [-0.25, -0.2) is 8.42 Å². The maximum atomic E-state index is 13.0. The lowest BCUT2D eigenvalue weighted by molar-refractivity contribution is -0.119. The molecule has 0 aromatic heterocycles. The minimum Gasteiger partial charge on any atom is -0.368 e. The maximum absolute atomic E-state index is 13.0. The Morgan fingerprint density at radius 3 is 1.96 bits per heavy atom. The first-order chi connectivity index (χ1) is 12.5. The number of nitrogens with two attached hydrogens (primary N) is 1. The lowest BCUT2D eigenvalue weighted by Gasteiger charge is -2.18. The van der Waals surface area contributed by atoms with Crippen molar-refractivity contribution in [1.82, 2.24) is 4.72 Å². The van der Waals surface area contributed by atoms with E-state index in [9.17, 15) is 13.2 Å². The van der Waals surface area contributed by atoms with Crippen LogP contribution in [0.4, 0.5) is 0 Å². The van der Waals surface area contributed by atoms with E-state index in [1.54, 1.807) is 48.5 Å². The highest BCUT2D eigenvalue weighted by molar-refractivity contribution is 7.89. The molecule has 0 aliphatic rings. The number of hydrogen-bond acceptors (Lipinski definition) is 3. The van der Waals surface area contributed by atoms with Gasteiger partial charge in [-0.15, -0.1) is 0 Å². The number of rotatable bonds is 6. The molecule has 3 aromatic rings. The third-order valence-corrected chi connectivity index (χ3v) is 5.43. The van der Waals surface area contributed by atoms with E-state index in [2.05, 4.69) is 4.72 Å². The zero-order valence-electron chi connectivity index (χ0n) is 13.9. The number of primary amides is 1. The Morgan fingerprint density at radius 2 is 1.35 bits per heavy atom. The zero-order valence-corrected chi connectivity index (χ0v) is 14.7. The largest absolute Gasteiger partial charge is 0.368 e. The summed E-state index contributed by atoms with van der Waals surface area (Å²) in [6.45, 7) is 0. The molecular formula is C20H18N2O3S. The highest BCUT2D eigenvalue weighted by Crippen LogP contribution is 2.28. The van der Waals surface area contributed by atoms with Gasteiger partial charge in [0.25, 0.3) is 0 Å². The molecule has 132 valence electrons. The van der Waals surface area contributed by atoms with Gasteiger partial charge >= 0.3 is 0 Å². The number of hydrogen-bond donors (Lipinski definition) is 2. The molecule has 1 amide bonds. The fraction of sp³-hybridized carbons (Fsp3) is 0.0500. The Balaban J connectivity index is 2.03. The monoisotopic (exact) mass is 366 g/mol. The van der Waals surface area contributed by atoms with Gasteiger partial charge in [0.1, 0.15) is 6.04 Å². The standard InChI is InChI=1S/C20H18N2O3S/c21-20(23)19(16-11-5-2-6-12-16)22-26(24,25)18-14-8-7-13-17(18)15-9-3-1-4-10-15/h1-14,19,22H,(H2,21,23). The van der Waals surface area contributed by atoms with Crippen LogP contribution in [0.1, 0.15) is 11.6 Å². The zero-order chi connectivity index (χ0) is 18.6. The number of sulfonamides is 1. The Bertz CT molecular complexity index is 1000. The third kappa shape index (κ3) is 3.82. The molecule has 3 rings (SSSR count). The van der Waals surface area contributed by atoms with Crippen molar-refractivity contribution in [3.63, 3.8) is 0 Å². The quantitative estimate of drug-likeness (QED) is 0.703. The first-order valence-corrected chi connectivity index (χ1v) is 9.48. The van der Waals surface area contributed by atoms with Crippen LogP contribution in [0, 0.1) is 0 Å². The van der Waals surface area contributed by atoms with E-state index in [0.29, 0.717) is 11.1 Å². The van der Waals surface area contributed by atoms with E-state index in [1.165, 1.54) is 6.07 Å². The van der Waals surface area contributed by atoms with E-state index in [1.807, 2.05) is 30.3 Å². The van der Waals surface area contributed by atoms with Crippen LogP contribution in [0.5, 0.6) is 0 Å². The van der Waals surface area contributed by atoms with Crippen molar-refractivity contribution in [2.75, 3.05) is 0 Å². The van der Waals surface area contributed by atoms with Crippen LogP contribution in [0.3, 0.4) is 0 Å². The topological polar surface area (TPSA) is 89.3 Å². The van der Waals surface area contributed by atoms with Crippen molar-refractivity contribution in [2.45, 2.75) is 10.9 Å². The fourth-order valence-electron chi connectivity index (χ4n) is 2.71. The molecule has 3 N–H and O–H groups in total. The van der Waals surface area contributed by atoms with Crippen LogP contribution in [-0.2, 0) is 14.8 Å². The van der Waals surface area contributed by atoms with Crippen LogP contribution < -0.4 is 10.5 Å². The molecule has 1 unspecified atom stereocenters. The molecule has 3 aromatic carbocycles. The van der Waals surface area contributed by atoms with Crippen molar-refractivity contribution in [3.05, 3.63) is 90.5 Å². The minimum absolute atomic E-state index is 0.0911. The summed E-state index contributed by atoms with van der Waals surface area (Å²) >= 11 is 0. The average molecular weight is 366 g/mol. The second kappa shape index (κ2) is 7.51.